The van der Waals surface area contributed by atoms with Crippen molar-refractivity contribution < 1.29 is 9.53 Å². The lowest BCUT2D eigenvalue weighted by Crippen LogP contribution is -2.74. The highest BCUT2D eigenvalue weighted by atomic mass is 79.9. The van der Waals surface area contributed by atoms with Crippen molar-refractivity contribution in [2.45, 2.75) is 117 Å². The number of alkyl halides is 1. The van der Waals surface area contributed by atoms with E-state index in [4.69, 9.17) is 4.74 Å². The van der Waals surface area contributed by atoms with Crippen molar-refractivity contribution in [3.63, 3.8) is 0 Å². The maximum absolute atomic E-state index is 13.7. The Kier molecular flexibility index (Phi) is 4.43. The van der Waals surface area contributed by atoms with E-state index in [1.807, 2.05) is 0 Å². The first-order valence-corrected chi connectivity index (χ1v) is 14.7. The van der Waals surface area contributed by atoms with Crippen LogP contribution in [0.2, 0.25) is 0 Å². The lowest BCUT2D eigenvalue weighted by molar-refractivity contribution is -0.271. The molecule has 4 saturated carbocycles. The summed E-state index contributed by atoms with van der Waals surface area (Å²) in [5, 5.41) is 0. The Morgan fingerprint density at radius 2 is 1.61 bits per heavy atom. The van der Waals surface area contributed by atoms with Crippen molar-refractivity contribution in [1.82, 2.24) is 0 Å². The first-order valence-electron chi connectivity index (χ1n) is 13.7. The molecular weight excluding hydrogens is 472 g/mol. The Hall–Kier alpha value is -0.310. The van der Waals surface area contributed by atoms with E-state index in [-0.39, 0.29) is 38.1 Å². The molecule has 5 fully saturated rings. The molecular formula is C30H45BrO2. The van der Waals surface area contributed by atoms with E-state index in [1.165, 1.54) is 19.3 Å². The van der Waals surface area contributed by atoms with Gasteiger partial charge in [-0.2, -0.15) is 0 Å². The fourth-order valence-corrected chi connectivity index (χ4v) is 12.7. The molecule has 6 unspecified atom stereocenters. The monoisotopic (exact) mass is 516 g/mol. The number of halogens is 1. The first-order chi connectivity index (χ1) is 15.2. The minimum atomic E-state index is -0.353. The van der Waals surface area contributed by atoms with Crippen molar-refractivity contribution in [2.75, 3.05) is 0 Å². The Bertz CT molecular complexity index is 936. The predicted molar refractivity (Wildman–Crippen MR) is 137 cm³/mol. The Labute approximate surface area is 210 Å². The molecule has 0 amide bonds. The number of esters is 1. The van der Waals surface area contributed by atoms with Crippen LogP contribution in [0.3, 0.4) is 0 Å². The third-order valence-corrected chi connectivity index (χ3v) is 14.3. The number of carbonyl (C=O) groups excluding carboxylic acids is 1. The summed E-state index contributed by atoms with van der Waals surface area (Å²) >= 11 is 4.29. The minimum absolute atomic E-state index is 0.0180. The molecule has 3 heteroatoms. The van der Waals surface area contributed by atoms with Gasteiger partial charge in [-0.3, -0.25) is 4.79 Å². The lowest BCUT2D eigenvalue weighted by atomic mass is 9.31. The van der Waals surface area contributed by atoms with E-state index in [0.717, 1.165) is 44.4 Å². The topological polar surface area (TPSA) is 26.3 Å². The first kappa shape index (κ1) is 23.1. The maximum Gasteiger partial charge on any atom is 0.313 e. The molecule has 0 radical (unpaired) electrons. The van der Waals surface area contributed by atoms with Crippen molar-refractivity contribution >= 4 is 21.9 Å². The molecule has 33 heavy (non-hydrogen) atoms. The Balaban J connectivity index is 1.51. The van der Waals surface area contributed by atoms with Crippen LogP contribution in [0, 0.1) is 50.2 Å². The molecule has 9 atom stereocenters. The van der Waals surface area contributed by atoms with Crippen LogP contribution in [0.4, 0.5) is 0 Å². The van der Waals surface area contributed by atoms with E-state index in [0.29, 0.717) is 22.7 Å². The number of rotatable bonds is 0. The second-order valence-electron chi connectivity index (χ2n) is 15.3. The van der Waals surface area contributed by atoms with Crippen molar-refractivity contribution in [1.29, 1.82) is 0 Å². The van der Waals surface area contributed by atoms with Gasteiger partial charge in [0, 0.05) is 11.3 Å². The van der Waals surface area contributed by atoms with E-state index in [9.17, 15) is 4.79 Å². The van der Waals surface area contributed by atoms with Crippen LogP contribution in [0.15, 0.2) is 12.2 Å². The predicted octanol–water partition coefficient (Wildman–Crippen LogP) is 8.09. The van der Waals surface area contributed by atoms with Crippen LogP contribution in [0.5, 0.6) is 0 Å². The van der Waals surface area contributed by atoms with Crippen LogP contribution >= 0.6 is 15.9 Å². The average molecular weight is 518 g/mol. The van der Waals surface area contributed by atoms with Gasteiger partial charge in [0.1, 0.15) is 5.60 Å². The highest BCUT2D eigenvalue weighted by molar-refractivity contribution is 9.09. The number of carbonyl (C=O) groups is 1. The molecule has 1 spiro atoms. The van der Waals surface area contributed by atoms with Crippen molar-refractivity contribution in [3.05, 3.63) is 12.2 Å². The second-order valence-corrected chi connectivity index (χ2v) is 16.4. The van der Waals surface area contributed by atoms with Crippen LogP contribution < -0.4 is 0 Å². The van der Waals surface area contributed by atoms with Crippen molar-refractivity contribution in [2.24, 2.45) is 50.2 Å². The summed E-state index contributed by atoms with van der Waals surface area (Å²) in [6, 6.07) is 0. The van der Waals surface area contributed by atoms with Gasteiger partial charge in [-0.15, -0.1) is 0 Å². The van der Waals surface area contributed by atoms with E-state index >= 15 is 0 Å². The summed E-state index contributed by atoms with van der Waals surface area (Å²) < 4.78 is 6.85. The molecule has 6 aliphatic rings. The van der Waals surface area contributed by atoms with Gasteiger partial charge in [0.15, 0.2) is 0 Å². The fraction of sp³-hybridized carbons (Fsp3) is 0.900. The number of hydrogen-bond acceptors (Lipinski definition) is 2. The zero-order valence-electron chi connectivity index (χ0n) is 22.0. The summed E-state index contributed by atoms with van der Waals surface area (Å²) in [6.07, 6.45) is 15.4. The molecule has 1 saturated heterocycles. The van der Waals surface area contributed by atoms with Crippen LogP contribution in [0.25, 0.3) is 0 Å². The van der Waals surface area contributed by atoms with E-state index < -0.39 is 0 Å². The molecule has 5 aliphatic carbocycles. The number of allylic oxidation sites excluding steroid dienone is 2. The number of fused-ring (bicyclic) bond motifs is 4. The van der Waals surface area contributed by atoms with Gasteiger partial charge < -0.3 is 4.74 Å². The molecule has 0 aromatic carbocycles. The van der Waals surface area contributed by atoms with Crippen LogP contribution in [-0.2, 0) is 9.53 Å². The van der Waals surface area contributed by atoms with E-state index in [1.54, 1.807) is 0 Å². The molecule has 0 aromatic rings. The smallest absolute Gasteiger partial charge is 0.313 e. The third kappa shape index (κ3) is 2.41. The summed E-state index contributed by atoms with van der Waals surface area (Å²) in [5.41, 5.74) is 0.507. The highest BCUT2D eigenvalue weighted by Crippen LogP contribution is 2.81. The van der Waals surface area contributed by atoms with E-state index in [2.05, 4.69) is 76.5 Å². The number of ether oxygens (including phenoxy) is 1. The van der Waals surface area contributed by atoms with Gasteiger partial charge in [0.2, 0.25) is 0 Å². The molecule has 184 valence electrons. The molecule has 0 N–H and O–H groups in total. The minimum Gasteiger partial charge on any atom is -0.457 e. The van der Waals surface area contributed by atoms with Gasteiger partial charge in [-0.05, 0) is 91.3 Å². The average Bonchev–Trinajstić information content (AvgIpc) is 2.89. The van der Waals surface area contributed by atoms with Gasteiger partial charge in [0.05, 0.1) is 10.2 Å². The molecule has 0 aromatic heterocycles. The Morgan fingerprint density at radius 1 is 0.909 bits per heavy atom. The number of hydrogen-bond donors (Lipinski definition) is 0. The van der Waals surface area contributed by atoms with Gasteiger partial charge >= 0.3 is 5.97 Å². The fourth-order valence-electron chi connectivity index (χ4n) is 11.4. The SMILES string of the molecule is CC1(C)CCC23CC[C@]4(C)C(OC2=O)(C(Br)CC2[C@@]5(C)CC=CC(C)(C)C5CC[C@]24C)C3C1. The maximum atomic E-state index is 13.7. The quantitative estimate of drug-likeness (QED) is 0.184. The van der Waals surface area contributed by atoms with Gasteiger partial charge in [0.25, 0.3) is 0 Å². The van der Waals surface area contributed by atoms with Crippen molar-refractivity contribution in [3.8, 4) is 0 Å². The lowest BCUT2D eigenvalue weighted by Gasteiger charge is -2.74. The zero-order valence-corrected chi connectivity index (χ0v) is 23.6. The summed E-state index contributed by atoms with van der Waals surface area (Å²) in [5.74, 6) is 1.89. The zero-order chi connectivity index (χ0) is 23.9. The summed E-state index contributed by atoms with van der Waals surface area (Å²) in [7, 11) is 0. The van der Waals surface area contributed by atoms with Crippen LogP contribution in [0.1, 0.15) is 106 Å². The molecule has 6 rings (SSSR count). The molecule has 2 bridgehead atoms. The summed E-state index contributed by atoms with van der Waals surface area (Å²) in [4.78, 5) is 14.0. The summed E-state index contributed by atoms with van der Waals surface area (Å²) in [6.45, 7) is 17.6. The highest BCUT2D eigenvalue weighted by Gasteiger charge is 2.82. The van der Waals surface area contributed by atoms with Gasteiger partial charge in [-0.1, -0.05) is 76.5 Å². The second kappa shape index (κ2) is 6.33. The molecule has 1 aliphatic heterocycles. The normalized spacial score (nSPS) is 57.9. The van der Waals surface area contributed by atoms with Gasteiger partial charge in [-0.25, -0.2) is 0 Å². The van der Waals surface area contributed by atoms with Crippen LogP contribution in [-0.4, -0.2) is 16.4 Å². The molecule has 1 heterocycles. The standard InChI is InChI=1S/C30H45BrO2/c1-24(2)13-15-29-16-14-28(7)27(6)12-9-19-25(3,4)10-8-11-26(19,5)20(27)17-22(31)30(28,21(29)18-24)33-23(29)32/h8,10,19-22H,9,11-18H2,1-7H3/t19?,20?,21?,22?,26-,27+,28-,29?,30?/m0/s1. The largest absolute Gasteiger partial charge is 0.457 e. The molecule has 2 nitrogen and oxygen atoms in total. The Morgan fingerprint density at radius 3 is 2.33 bits per heavy atom. The third-order valence-electron chi connectivity index (χ3n) is 13.3.